The van der Waals surface area contributed by atoms with Gasteiger partial charge in [-0.15, -0.1) is 0 Å². The van der Waals surface area contributed by atoms with Gasteiger partial charge in [0.05, 0.1) is 6.04 Å². The smallest absolute Gasteiger partial charge is 0.239 e. The fourth-order valence-electron chi connectivity index (χ4n) is 3.32. The summed E-state index contributed by atoms with van der Waals surface area (Å²) in [6.45, 7) is 4.68. The Labute approximate surface area is 127 Å². The molecule has 114 valence electrons. The van der Waals surface area contributed by atoms with Crippen molar-refractivity contribution in [2.24, 2.45) is 0 Å². The van der Waals surface area contributed by atoms with E-state index in [9.17, 15) is 4.79 Å². The average molecular weight is 287 g/mol. The van der Waals surface area contributed by atoms with Gasteiger partial charge in [0, 0.05) is 31.9 Å². The summed E-state index contributed by atoms with van der Waals surface area (Å²) in [5.74, 6) is 0.310. The Morgan fingerprint density at radius 1 is 1.00 bits per heavy atom. The number of para-hydroxylation sites is 1. The van der Waals surface area contributed by atoms with Crippen LogP contribution in [0, 0.1) is 0 Å². The Morgan fingerprint density at radius 3 is 2.62 bits per heavy atom. The molecule has 2 fully saturated rings. The van der Waals surface area contributed by atoms with Gasteiger partial charge in [-0.1, -0.05) is 24.6 Å². The number of benzene rings is 1. The molecule has 2 heterocycles. The van der Waals surface area contributed by atoms with Gasteiger partial charge < -0.3 is 15.1 Å². The van der Waals surface area contributed by atoms with Crippen LogP contribution in [0.15, 0.2) is 30.3 Å². The number of anilines is 1. The molecule has 0 aliphatic carbocycles. The molecule has 4 heteroatoms. The van der Waals surface area contributed by atoms with Gasteiger partial charge in [0.25, 0.3) is 0 Å². The number of hydrogen-bond donors (Lipinski definition) is 1. The van der Waals surface area contributed by atoms with Gasteiger partial charge in [0.2, 0.25) is 5.91 Å². The zero-order valence-corrected chi connectivity index (χ0v) is 12.6. The van der Waals surface area contributed by atoms with Crippen LogP contribution in [0.1, 0.15) is 25.7 Å². The summed E-state index contributed by atoms with van der Waals surface area (Å²) in [5.41, 5.74) is 1.27. The minimum Gasteiger partial charge on any atom is -0.370 e. The molecule has 2 aliphatic rings. The van der Waals surface area contributed by atoms with E-state index in [1.165, 1.54) is 18.5 Å². The van der Waals surface area contributed by atoms with Crippen molar-refractivity contribution >= 4 is 11.6 Å². The summed E-state index contributed by atoms with van der Waals surface area (Å²) in [5, 5.41) is 3.37. The van der Waals surface area contributed by atoms with E-state index < -0.39 is 0 Å². The largest absolute Gasteiger partial charge is 0.370 e. The van der Waals surface area contributed by atoms with E-state index in [4.69, 9.17) is 0 Å². The zero-order chi connectivity index (χ0) is 14.5. The lowest BCUT2D eigenvalue weighted by Crippen LogP contribution is -2.49. The number of hydrogen-bond acceptors (Lipinski definition) is 3. The first kappa shape index (κ1) is 14.4. The standard InChI is InChI=1S/C17H25N3O/c21-17(16-9-4-5-10-18-16)20-12-6-11-19(13-14-20)15-7-2-1-3-8-15/h1-3,7-8,16,18H,4-6,9-14H2/t16-/m1/s1. The molecular weight excluding hydrogens is 262 g/mol. The molecule has 1 atom stereocenters. The van der Waals surface area contributed by atoms with Crippen LogP contribution in [0.3, 0.4) is 0 Å². The number of carbonyl (C=O) groups excluding carboxylic acids is 1. The van der Waals surface area contributed by atoms with Crippen LogP contribution in [0.25, 0.3) is 0 Å². The molecule has 1 aromatic rings. The minimum absolute atomic E-state index is 0.0574. The van der Waals surface area contributed by atoms with E-state index in [-0.39, 0.29) is 6.04 Å². The lowest BCUT2D eigenvalue weighted by molar-refractivity contribution is -0.133. The van der Waals surface area contributed by atoms with Crippen molar-refractivity contribution in [3.63, 3.8) is 0 Å². The molecule has 21 heavy (non-hydrogen) atoms. The first-order valence-electron chi connectivity index (χ1n) is 8.17. The summed E-state index contributed by atoms with van der Waals surface area (Å²) >= 11 is 0. The van der Waals surface area contributed by atoms with Crippen molar-refractivity contribution in [3.05, 3.63) is 30.3 Å². The van der Waals surface area contributed by atoms with Crippen molar-refractivity contribution in [2.75, 3.05) is 37.6 Å². The second-order valence-corrected chi connectivity index (χ2v) is 6.00. The van der Waals surface area contributed by atoms with Gasteiger partial charge in [0.15, 0.2) is 0 Å². The first-order chi connectivity index (χ1) is 10.3. The molecule has 1 N–H and O–H groups in total. The van der Waals surface area contributed by atoms with Gasteiger partial charge in [-0.05, 0) is 37.9 Å². The highest BCUT2D eigenvalue weighted by Gasteiger charge is 2.27. The number of amides is 1. The van der Waals surface area contributed by atoms with Crippen LogP contribution < -0.4 is 10.2 Å². The summed E-state index contributed by atoms with van der Waals surface area (Å²) in [6, 6.07) is 10.6. The van der Waals surface area contributed by atoms with Crippen molar-refractivity contribution in [1.82, 2.24) is 10.2 Å². The average Bonchev–Trinajstić information content (AvgIpc) is 2.82. The van der Waals surface area contributed by atoms with E-state index in [1.54, 1.807) is 0 Å². The molecule has 0 aromatic heterocycles. The quantitative estimate of drug-likeness (QED) is 0.902. The van der Waals surface area contributed by atoms with Crippen LogP contribution in [-0.2, 0) is 4.79 Å². The molecular formula is C17H25N3O. The molecule has 0 unspecified atom stereocenters. The second-order valence-electron chi connectivity index (χ2n) is 6.00. The number of carbonyl (C=O) groups is 1. The van der Waals surface area contributed by atoms with Crippen molar-refractivity contribution in [2.45, 2.75) is 31.7 Å². The third-order valence-corrected chi connectivity index (χ3v) is 4.54. The third kappa shape index (κ3) is 3.56. The van der Waals surface area contributed by atoms with Crippen LogP contribution in [0.2, 0.25) is 0 Å². The van der Waals surface area contributed by atoms with Crippen LogP contribution >= 0.6 is 0 Å². The fraction of sp³-hybridized carbons (Fsp3) is 0.588. The van der Waals surface area contributed by atoms with E-state index in [0.717, 1.165) is 45.6 Å². The van der Waals surface area contributed by atoms with Gasteiger partial charge in [-0.3, -0.25) is 4.79 Å². The summed E-state index contributed by atoms with van der Waals surface area (Å²) in [4.78, 5) is 17.0. The Morgan fingerprint density at radius 2 is 1.86 bits per heavy atom. The van der Waals surface area contributed by atoms with Crippen LogP contribution in [-0.4, -0.2) is 49.6 Å². The lowest BCUT2D eigenvalue weighted by Gasteiger charge is -2.29. The maximum atomic E-state index is 12.6. The normalized spacial score (nSPS) is 23.7. The summed E-state index contributed by atoms with van der Waals surface area (Å²) in [7, 11) is 0. The Balaban J connectivity index is 1.59. The molecule has 0 radical (unpaired) electrons. The second kappa shape index (κ2) is 6.94. The molecule has 0 bridgehead atoms. The molecule has 2 aliphatic heterocycles. The maximum Gasteiger partial charge on any atom is 0.239 e. The van der Waals surface area contributed by atoms with E-state index in [0.29, 0.717) is 5.91 Å². The number of nitrogens with one attached hydrogen (secondary N) is 1. The zero-order valence-electron chi connectivity index (χ0n) is 12.6. The first-order valence-corrected chi connectivity index (χ1v) is 8.17. The molecule has 1 aromatic carbocycles. The Hall–Kier alpha value is -1.55. The van der Waals surface area contributed by atoms with Crippen molar-refractivity contribution in [3.8, 4) is 0 Å². The predicted molar refractivity (Wildman–Crippen MR) is 85.5 cm³/mol. The fourth-order valence-corrected chi connectivity index (χ4v) is 3.32. The maximum absolute atomic E-state index is 12.6. The van der Waals surface area contributed by atoms with Gasteiger partial charge in [-0.25, -0.2) is 0 Å². The lowest BCUT2D eigenvalue weighted by atomic mass is 10.0. The van der Waals surface area contributed by atoms with E-state index in [1.807, 2.05) is 6.07 Å². The number of nitrogens with zero attached hydrogens (tertiary/aromatic N) is 2. The predicted octanol–water partition coefficient (Wildman–Crippen LogP) is 1.87. The van der Waals surface area contributed by atoms with E-state index >= 15 is 0 Å². The Kier molecular flexibility index (Phi) is 4.76. The molecule has 2 saturated heterocycles. The SMILES string of the molecule is O=C([C@H]1CCCCN1)N1CCCN(c2ccccc2)CC1. The monoisotopic (exact) mass is 287 g/mol. The van der Waals surface area contributed by atoms with Gasteiger partial charge in [0.1, 0.15) is 0 Å². The molecule has 4 nitrogen and oxygen atoms in total. The molecule has 3 rings (SSSR count). The highest BCUT2D eigenvalue weighted by Crippen LogP contribution is 2.17. The highest BCUT2D eigenvalue weighted by atomic mass is 16.2. The van der Waals surface area contributed by atoms with Gasteiger partial charge in [-0.2, -0.15) is 0 Å². The van der Waals surface area contributed by atoms with Crippen molar-refractivity contribution in [1.29, 1.82) is 0 Å². The third-order valence-electron chi connectivity index (χ3n) is 4.54. The highest BCUT2D eigenvalue weighted by molar-refractivity contribution is 5.82. The summed E-state index contributed by atoms with van der Waals surface area (Å²) in [6.07, 6.45) is 4.42. The summed E-state index contributed by atoms with van der Waals surface area (Å²) < 4.78 is 0. The van der Waals surface area contributed by atoms with Crippen molar-refractivity contribution < 1.29 is 4.79 Å². The molecule has 1 amide bonds. The van der Waals surface area contributed by atoms with Crippen LogP contribution in [0.5, 0.6) is 0 Å². The van der Waals surface area contributed by atoms with Crippen LogP contribution in [0.4, 0.5) is 5.69 Å². The molecule has 0 spiro atoms. The number of rotatable bonds is 2. The number of piperidine rings is 1. The van der Waals surface area contributed by atoms with Gasteiger partial charge >= 0.3 is 0 Å². The Bertz CT molecular complexity index is 456. The topological polar surface area (TPSA) is 35.6 Å². The van der Waals surface area contributed by atoms with E-state index in [2.05, 4.69) is 39.4 Å². The molecule has 0 saturated carbocycles. The minimum atomic E-state index is 0.0574.